The van der Waals surface area contributed by atoms with Crippen LogP contribution in [0.5, 0.6) is 0 Å². The van der Waals surface area contributed by atoms with Crippen molar-refractivity contribution >= 4 is 5.69 Å². The van der Waals surface area contributed by atoms with Gasteiger partial charge in [-0.1, -0.05) is 19.9 Å². The van der Waals surface area contributed by atoms with Gasteiger partial charge < -0.3 is 15.2 Å². The molecule has 0 amide bonds. The molecule has 1 rings (SSSR count). The zero-order chi connectivity index (χ0) is 15.0. The Hall–Kier alpha value is -1.13. The summed E-state index contributed by atoms with van der Waals surface area (Å²) in [5.74, 6) is 0.440. The van der Waals surface area contributed by atoms with E-state index in [1.54, 1.807) is 19.1 Å². The Bertz CT molecular complexity index is 396. The summed E-state index contributed by atoms with van der Waals surface area (Å²) in [6, 6.07) is 4.88. The topological polar surface area (TPSA) is 41.5 Å². The Balaban J connectivity index is 2.19. The van der Waals surface area contributed by atoms with E-state index in [9.17, 15) is 9.50 Å². The highest BCUT2D eigenvalue weighted by Crippen LogP contribution is 2.17. The molecule has 1 atom stereocenters. The van der Waals surface area contributed by atoms with Crippen molar-refractivity contribution in [3.63, 3.8) is 0 Å². The number of nitrogens with one attached hydrogen (secondary N) is 1. The van der Waals surface area contributed by atoms with Crippen molar-refractivity contribution in [1.82, 2.24) is 0 Å². The number of ether oxygens (including phenoxy) is 1. The number of benzene rings is 1. The summed E-state index contributed by atoms with van der Waals surface area (Å²) in [5.41, 5.74) is 1.28. The van der Waals surface area contributed by atoms with Crippen LogP contribution in [0.4, 0.5) is 10.1 Å². The molecule has 0 aliphatic rings. The molecule has 0 radical (unpaired) electrons. The summed E-state index contributed by atoms with van der Waals surface area (Å²) < 4.78 is 18.8. The average molecular weight is 283 g/mol. The Labute approximate surface area is 121 Å². The molecule has 2 N–H and O–H groups in total. The standard InChI is InChI=1S/C16H26FNO2/c1-12(2)6-5-9-20-11-14(19)10-18-16-8-4-7-15(17)13(16)3/h4,7-8,12,14,18-19H,5-6,9-11H2,1-3H3. The van der Waals surface area contributed by atoms with Gasteiger partial charge in [-0.25, -0.2) is 4.39 Å². The van der Waals surface area contributed by atoms with Gasteiger partial charge in [-0.15, -0.1) is 0 Å². The molecular weight excluding hydrogens is 257 g/mol. The van der Waals surface area contributed by atoms with Gasteiger partial charge in [-0.3, -0.25) is 0 Å². The lowest BCUT2D eigenvalue weighted by atomic mass is 10.1. The number of hydrogen-bond donors (Lipinski definition) is 2. The van der Waals surface area contributed by atoms with E-state index >= 15 is 0 Å². The molecule has 0 aliphatic heterocycles. The van der Waals surface area contributed by atoms with Crippen molar-refractivity contribution in [3.05, 3.63) is 29.6 Å². The van der Waals surface area contributed by atoms with E-state index in [1.165, 1.54) is 6.07 Å². The molecule has 20 heavy (non-hydrogen) atoms. The third kappa shape index (κ3) is 6.35. The quantitative estimate of drug-likeness (QED) is 0.683. The number of anilines is 1. The smallest absolute Gasteiger partial charge is 0.128 e. The molecule has 0 spiro atoms. The normalized spacial score (nSPS) is 12.7. The van der Waals surface area contributed by atoms with Crippen molar-refractivity contribution in [1.29, 1.82) is 0 Å². The molecular formula is C16H26FNO2. The zero-order valence-corrected chi connectivity index (χ0v) is 12.7. The zero-order valence-electron chi connectivity index (χ0n) is 12.7. The predicted octanol–water partition coefficient (Wildman–Crippen LogP) is 3.36. The van der Waals surface area contributed by atoms with E-state index < -0.39 is 6.10 Å². The first kappa shape index (κ1) is 16.9. The fourth-order valence-electron chi connectivity index (χ4n) is 1.90. The SMILES string of the molecule is Cc1c(F)cccc1NCC(O)COCCCC(C)C. The van der Waals surface area contributed by atoms with Crippen LogP contribution in [-0.2, 0) is 4.74 Å². The summed E-state index contributed by atoms with van der Waals surface area (Å²) in [4.78, 5) is 0. The highest BCUT2D eigenvalue weighted by molar-refractivity contribution is 5.50. The molecule has 0 fully saturated rings. The van der Waals surface area contributed by atoms with Crippen molar-refractivity contribution in [2.45, 2.75) is 39.7 Å². The second-order valence-corrected chi connectivity index (χ2v) is 5.56. The molecule has 4 heteroatoms. The van der Waals surface area contributed by atoms with Crippen LogP contribution >= 0.6 is 0 Å². The molecule has 0 saturated heterocycles. The van der Waals surface area contributed by atoms with Gasteiger partial charge >= 0.3 is 0 Å². The lowest BCUT2D eigenvalue weighted by Gasteiger charge is -2.15. The number of rotatable bonds is 9. The van der Waals surface area contributed by atoms with E-state index in [0.717, 1.165) is 12.8 Å². The average Bonchev–Trinajstić information content (AvgIpc) is 2.39. The number of halogens is 1. The lowest BCUT2D eigenvalue weighted by Crippen LogP contribution is -2.25. The summed E-state index contributed by atoms with van der Waals surface area (Å²) in [5, 5.41) is 12.8. The summed E-state index contributed by atoms with van der Waals surface area (Å²) in [7, 11) is 0. The van der Waals surface area contributed by atoms with Crippen molar-refractivity contribution < 1.29 is 14.2 Å². The molecule has 0 saturated carbocycles. The number of aliphatic hydroxyl groups is 1. The summed E-state index contributed by atoms with van der Waals surface area (Å²) >= 11 is 0. The number of hydrogen-bond acceptors (Lipinski definition) is 3. The van der Waals surface area contributed by atoms with Crippen LogP contribution < -0.4 is 5.32 Å². The Morgan fingerprint density at radius 3 is 2.80 bits per heavy atom. The maximum absolute atomic E-state index is 13.3. The fourth-order valence-corrected chi connectivity index (χ4v) is 1.90. The van der Waals surface area contributed by atoms with E-state index in [0.29, 0.717) is 36.9 Å². The van der Waals surface area contributed by atoms with Crippen molar-refractivity contribution in [2.75, 3.05) is 25.1 Å². The first-order chi connectivity index (χ1) is 9.50. The van der Waals surface area contributed by atoms with Gasteiger partial charge in [-0.2, -0.15) is 0 Å². The monoisotopic (exact) mass is 283 g/mol. The van der Waals surface area contributed by atoms with Gasteiger partial charge in [0.15, 0.2) is 0 Å². The van der Waals surface area contributed by atoms with Gasteiger partial charge in [-0.05, 0) is 37.8 Å². The molecule has 3 nitrogen and oxygen atoms in total. The van der Waals surface area contributed by atoms with Crippen LogP contribution in [0.2, 0.25) is 0 Å². The van der Waals surface area contributed by atoms with E-state index in [-0.39, 0.29) is 5.82 Å². The molecule has 0 aromatic heterocycles. The first-order valence-corrected chi connectivity index (χ1v) is 7.25. The summed E-state index contributed by atoms with van der Waals surface area (Å²) in [6.07, 6.45) is 1.56. The molecule has 0 heterocycles. The highest BCUT2D eigenvalue weighted by atomic mass is 19.1. The van der Waals surface area contributed by atoms with Gasteiger partial charge in [0.1, 0.15) is 5.82 Å². The van der Waals surface area contributed by atoms with Crippen LogP contribution in [-0.4, -0.2) is 31.0 Å². The highest BCUT2D eigenvalue weighted by Gasteiger charge is 2.07. The molecule has 0 bridgehead atoms. The second kappa shape index (κ2) is 8.93. The van der Waals surface area contributed by atoms with E-state index in [1.807, 2.05) is 0 Å². The van der Waals surface area contributed by atoms with E-state index in [4.69, 9.17) is 4.74 Å². The Kier molecular flexibility index (Phi) is 7.55. The van der Waals surface area contributed by atoms with Crippen LogP contribution in [0.25, 0.3) is 0 Å². The van der Waals surface area contributed by atoms with Crippen LogP contribution in [0, 0.1) is 18.7 Å². The minimum atomic E-state index is -0.586. The first-order valence-electron chi connectivity index (χ1n) is 7.25. The molecule has 1 unspecified atom stereocenters. The Morgan fingerprint density at radius 2 is 2.10 bits per heavy atom. The third-order valence-corrected chi connectivity index (χ3v) is 3.18. The van der Waals surface area contributed by atoms with Gasteiger partial charge in [0, 0.05) is 24.4 Å². The third-order valence-electron chi connectivity index (χ3n) is 3.18. The lowest BCUT2D eigenvalue weighted by molar-refractivity contribution is 0.0409. The molecule has 1 aromatic carbocycles. The van der Waals surface area contributed by atoms with Gasteiger partial charge in [0.05, 0.1) is 12.7 Å². The van der Waals surface area contributed by atoms with Crippen LogP contribution in [0.15, 0.2) is 18.2 Å². The largest absolute Gasteiger partial charge is 0.389 e. The Morgan fingerprint density at radius 1 is 1.35 bits per heavy atom. The maximum Gasteiger partial charge on any atom is 0.128 e. The molecule has 1 aromatic rings. The molecule has 0 aliphatic carbocycles. The summed E-state index contributed by atoms with van der Waals surface area (Å²) in [6.45, 7) is 7.41. The fraction of sp³-hybridized carbons (Fsp3) is 0.625. The van der Waals surface area contributed by atoms with Gasteiger partial charge in [0.2, 0.25) is 0 Å². The van der Waals surface area contributed by atoms with Crippen molar-refractivity contribution in [2.24, 2.45) is 5.92 Å². The minimum Gasteiger partial charge on any atom is -0.389 e. The minimum absolute atomic E-state index is 0.241. The second-order valence-electron chi connectivity index (χ2n) is 5.56. The van der Waals surface area contributed by atoms with Crippen LogP contribution in [0.1, 0.15) is 32.3 Å². The maximum atomic E-state index is 13.3. The molecule has 114 valence electrons. The predicted molar refractivity (Wildman–Crippen MR) is 80.5 cm³/mol. The van der Waals surface area contributed by atoms with Crippen LogP contribution in [0.3, 0.4) is 0 Å². The number of aliphatic hydroxyl groups excluding tert-OH is 1. The van der Waals surface area contributed by atoms with E-state index in [2.05, 4.69) is 19.2 Å². The van der Waals surface area contributed by atoms with Gasteiger partial charge in [0.25, 0.3) is 0 Å². The van der Waals surface area contributed by atoms with Crippen molar-refractivity contribution in [3.8, 4) is 0 Å².